The van der Waals surface area contributed by atoms with Crippen LogP contribution < -0.4 is 0 Å². The molecule has 62 heavy (non-hydrogen) atoms. The van der Waals surface area contributed by atoms with Gasteiger partial charge in [-0.2, -0.15) is 5.26 Å². The molecule has 0 saturated carbocycles. The van der Waals surface area contributed by atoms with E-state index in [1.165, 1.54) is 0 Å². The highest BCUT2D eigenvalue weighted by atomic mass is 15.0. The number of hydrogen-bond acceptors (Lipinski definition) is 7. The van der Waals surface area contributed by atoms with Gasteiger partial charge in [0, 0.05) is 33.4 Å². The normalized spacial score (nSPS) is 10.9. The first-order valence-corrected chi connectivity index (χ1v) is 20.3. The molecule has 0 aliphatic heterocycles. The van der Waals surface area contributed by atoms with E-state index < -0.39 is 0 Å². The minimum Gasteiger partial charge on any atom is -0.208 e. The molecular formula is C55H35N7. The van der Waals surface area contributed by atoms with Crippen LogP contribution >= 0.6 is 0 Å². The molecule has 0 aliphatic rings. The van der Waals surface area contributed by atoms with Crippen LogP contribution in [0.3, 0.4) is 0 Å². The van der Waals surface area contributed by atoms with Gasteiger partial charge in [-0.1, -0.05) is 194 Å². The molecule has 0 bridgehead atoms. The van der Waals surface area contributed by atoms with Crippen LogP contribution in [0.4, 0.5) is 0 Å². The molecule has 7 nitrogen and oxygen atoms in total. The number of nitrogens with zero attached hydrogens (tertiary/aromatic N) is 7. The van der Waals surface area contributed by atoms with E-state index in [9.17, 15) is 5.26 Å². The summed E-state index contributed by atoms with van der Waals surface area (Å²) in [4.78, 5) is 30.3. The summed E-state index contributed by atoms with van der Waals surface area (Å²) in [7, 11) is 0. The van der Waals surface area contributed by atoms with Crippen LogP contribution in [-0.4, -0.2) is 29.9 Å². The Kier molecular flexibility index (Phi) is 10.2. The average molecular weight is 794 g/mol. The van der Waals surface area contributed by atoms with E-state index in [0.29, 0.717) is 40.5 Å². The van der Waals surface area contributed by atoms with Gasteiger partial charge >= 0.3 is 0 Å². The molecule has 0 amide bonds. The Morgan fingerprint density at radius 2 is 0.565 bits per heavy atom. The molecule has 290 valence electrons. The molecule has 0 radical (unpaired) electrons. The van der Waals surface area contributed by atoms with Crippen LogP contribution in [0.25, 0.3) is 102 Å². The summed E-state index contributed by atoms with van der Waals surface area (Å²) >= 11 is 0. The molecule has 0 fully saturated rings. The fraction of sp³-hybridized carbons (Fsp3) is 0. The molecule has 0 spiro atoms. The van der Waals surface area contributed by atoms with Crippen LogP contribution in [0.15, 0.2) is 212 Å². The van der Waals surface area contributed by atoms with Gasteiger partial charge in [-0.3, -0.25) is 0 Å². The minimum absolute atomic E-state index is 0.561. The van der Waals surface area contributed by atoms with Gasteiger partial charge in [0.1, 0.15) is 0 Å². The molecule has 0 saturated heterocycles. The second kappa shape index (κ2) is 16.9. The first-order valence-electron chi connectivity index (χ1n) is 20.3. The molecule has 10 rings (SSSR count). The second-order valence-electron chi connectivity index (χ2n) is 14.7. The zero-order valence-corrected chi connectivity index (χ0v) is 33.3. The summed E-state index contributed by atoms with van der Waals surface area (Å²) < 4.78 is 0. The summed E-state index contributed by atoms with van der Waals surface area (Å²) in [6, 6.07) is 73.0. The molecule has 10 aromatic rings. The number of rotatable bonds is 9. The lowest BCUT2D eigenvalue weighted by Gasteiger charge is -2.14. The SMILES string of the molecule is N#Cc1cccc(-c2ccc(-c3nc(-c4ccccc4)nc(-c4ccccc4-c4cccc(-c5ccccc5-c5nc(-c6ccccc6)nc(-c6ccccc6)n5)c4)n3)cc2)c1. The Hall–Kier alpha value is -8.73. The highest BCUT2D eigenvalue weighted by molar-refractivity contribution is 5.87. The van der Waals surface area contributed by atoms with Gasteiger partial charge in [0.2, 0.25) is 0 Å². The van der Waals surface area contributed by atoms with E-state index in [1.54, 1.807) is 0 Å². The molecule has 0 aliphatic carbocycles. The monoisotopic (exact) mass is 793 g/mol. The van der Waals surface area contributed by atoms with Crippen molar-refractivity contribution < 1.29 is 0 Å². The van der Waals surface area contributed by atoms with Gasteiger partial charge in [0.15, 0.2) is 34.9 Å². The van der Waals surface area contributed by atoms with Gasteiger partial charge < -0.3 is 0 Å². The maximum atomic E-state index is 9.46. The molecule has 0 atom stereocenters. The fourth-order valence-corrected chi connectivity index (χ4v) is 7.56. The Morgan fingerprint density at radius 3 is 1.00 bits per heavy atom. The average Bonchev–Trinajstić information content (AvgIpc) is 3.37. The Balaban J connectivity index is 1.06. The maximum absolute atomic E-state index is 9.46. The summed E-state index contributed by atoms with van der Waals surface area (Å²) in [5.74, 6) is 3.52. The second-order valence-corrected chi connectivity index (χ2v) is 14.7. The fourth-order valence-electron chi connectivity index (χ4n) is 7.56. The highest BCUT2D eigenvalue weighted by Crippen LogP contribution is 2.37. The zero-order chi connectivity index (χ0) is 41.7. The van der Waals surface area contributed by atoms with Crippen LogP contribution in [0.1, 0.15) is 5.56 Å². The van der Waals surface area contributed by atoms with Gasteiger partial charge in [0.25, 0.3) is 0 Å². The van der Waals surface area contributed by atoms with Crippen molar-refractivity contribution in [3.8, 4) is 108 Å². The van der Waals surface area contributed by atoms with Crippen molar-refractivity contribution in [2.45, 2.75) is 0 Å². The lowest BCUT2D eigenvalue weighted by Crippen LogP contribution is -2.01. The number of nitriles is 1. The predicted octanol–water partition coefficient (Wildman–Crippen LogP) is 12.9. The third-order valence-corrected chi connectivity index (χ3v) is 10.7. The quantitative estimate of drug-likeness (QED) is 0.143. The first kappa shape index (κ1) is 37.5. The molecule has 7 heteroatoms. The number of hydrogen-bond donors (Lipinski definition) is 0. The first-order chi connectivity index (χ1) is 30.7. The maximum Gasteiger partial charge on any atom is 0.164 e. The standard InChI is InChI=1S/C55H35N7/c56-36-37-16-14-23-43(34-37)38-30-32-42(33-31-38)53-58-52(41-21-8-3-9-22-41)61-55(62-53)49-29-13-11-27-47(49)45-25-15-24-44(35-45)46-26-10-12-28-48(46)54-59-50(39-17-4-1-5-18-39)57-51(60-54)40-19-6-2-7-20-40/h1-35H. The highest BCUT2D eigenvalue weighted by Gasteiger charge is 2.19. The Labute approximate surface area is 359 Å². The van der Waals surface area contributed by atoms with Gasteiger partial charge in [-0.15, -0.1) is 0 Å². The summed E-state index contributed by atoms with van der Waals surface area (Å²) in [5, 5.41) is 9.46. The van der Waals surface area contributed by atoms with Crippen molar-refractivity contribution in [2.75, 3.05) is 0 Å². The van der Waals surface area contributed by atoms with Crippen molar-refractivity contribution in [1.29, 1.82) is 5.26 Å². The van der Waals surface area contributed by atoms with Crippen LogP contribution in [0.2, 0.25) is 0 Å². The van der Waals surface area contributed by atoms with Gasteiger partial charge in [0.05, 0.1) is 11.6 Å². The lowest BCUT2D eigenvalue weighted by atomic mass is 9.93. The molecule has 0 unspecified atom stereocenters. The predicted molar refractivity (Wildman–Crippen MR) is 247 cm³/mol. The summed E-state index contributed by atoms with van der Waals surface area (Å²) in [6.07, 6.45) is 0. The minimum atomic E-state index is 0.561. The summed E-state index contributed by atoms with van der Waals surface area (Å²) in [6.45, 7) is 0. The van der Waals surface area contributed by atoms with E-state index in [-0.39, 0.29) is 0 Å². The van der Waals surface area contributed by atoms with E-state index in [4.69, 9.17) is 29.9 Å². The van der Waals surface area contributed by atoms with Crippen molar-refractivity contribution in [3.63, 3.8) is 0 Å². The van der Waals surface area contributed by atoms with Crippen molar-refractivity contribution >= 4 is 0 Å². The Bertz CT molecular complexity index is 3180. The molecular weight excluding hydrogens is 759 g/mol. The van der Waals surface area contributed by atoms with Crippen LogP contribution in [0, 0.1) is 11.3 Å². The molecule has 2 heterocycles. The van der Waals surface area contributed by atoms with E-state index >= 15 is 0 Å². The van der Waals surface area contributed by atoms with Crippen molar-refractivity contribution in [3.05, 3.63) is 218 Å². The third kappa shape index (κ3) is 7.75. The molecule has 8 aromatic carbocycles. The Morgan fingerprint density at radius 1 is 0.242 bits per heavy atom. The van der Waals surface area contributed by atoms with Crippen molar-refractivity contribution in [1.82, 2.24) is 29.9 Å². The van der Waals surface area contributed by atoms with E-state index in [2.05, 4.69) is 54.6 Å². The zero-order valence-electron chi connectivity index (χ0n) is 33.3. The van der Waals surface area contributed by atoms with Gasteiger partial charge in [-0.25, -0.2) is 29.9 Å². The molecule has 2 aromatic heterocycles. The summed E-state index contributed by atoms with van der Waals surface area (Å²) in [5.41, 5.74) is 11.9. The topological polar surface area (TPSA) is 101 Å². The largest absolute Gasteiger partial charge is 0.208 e. The lowest BCUT2D eigenvalue weighted by molar-refractivity contribution is 1.07. The van der Waals surface area contributed by atoms with E-state index in [0.717, 1.165) is 66.8 Å². The van der Waals surface area contributed by atoms with Gasteiger partial charge in [-0.05, 0) is 51.6 Å². The molecule has 0 N–H and O–H groups in total. The number of aromatic nitrogens is 6. The van der Waals surface area contributed by atoms with Crippen LogP contribution in [0.5, 0.6) is 0 Å². The third-order valence-electron chi connectivity index (χ3n) is 10.7. The smallest absolute Gasteiger partial charge is 0.164 e. The number of benzene rings is 8. The van der Waals surface area contributed by atoms with Crippen LogP contribution in [-0.2, 0) is 0 Å². The van der Waals surface area contributed by atoms with Crippen molar-refractivity contribution in [2.24, 2.45) is 0 Å². The van der Waals surface area contributed by atoms with E-state index in [1.807, 2.05) is 164 Å².